The Morgan fingerprint density at radius 1 is 0.950 bits per heavy atom. The van der Waals surface area contributed by atoms with Crippen molar-refractivity contribution < 1.29 is 5.11 Å². The van der Waals surface area contributed by atoms with Gasteiger partial charge in [0.2, 0.25) is 0 Å². The number of nitriles is 1. The number of hydrogen-bond donors (Lipinski definition) is 1. The summed E-state index contributed by atoms with van der Waals surface area (Å²) in [7, 11) is 0. The molecule has 0 heterocycles. The van der Waals surface area contributed by atoms with Crippen molar-refractivity contribution in [2.24, 2.45) is 22.7 Å². The molecule has 4 saturated carbocycles. The van der Waals surface area contributed by atoms with E-state index in [0.29, 0.717) is 11.3 Å². The molecule has 3 unspecified atom stereocenters. The predicted octanol–water partition coefficient (Wildman–Crippen LogP) is 4.18. The zero-order valence-electron chi connectivity index (χ0n) is 12.5. The molecule has 110 valence electrons. The van der Waals surface area contributed by atoms with Crippen molar-refractivity contribution in [1.82, 2.24) is 0 Å². The summed E-state index contributed by atoms with van der Waals surface area (Å²) in [6, 6.07) is 2.65. The second kappa shape index (κ2) is 4.23. The predicted molar refractivity (Wildman–Crippen MR) is 77.8 cm³/mol. The van der Waals surface area contributed by atoms with Gasteiger partial charge in [0, 0.05) is 0 Å². The van der Waals surface area contributed by atoms with E-state index in [0.717, 1.165) is 25.2 Å². The highest BCUT2D eigenvalue weighted by Gasteiger charge is 2.63. The van der Waals surface area contributed by atoms with Crippen molar-refractivity contribution in [2.75, 3.05) is 0 Å². The van der Waals surface area contributed by atoms with Crippen LogP contribution in [0.2, 0.25) is 0 Å². The molecule has 2 heteroatoms. The number of aliphatic hydroxyl groups is 1. The zero-order valence-corrected chi connectivity index (χ0v) is 12.5. The molecule has 1 spiro atoms. The molecule has 0 aromatic rings. The fourth-order valence-electron chi connectivity index (χ4n) is 6.41. The lowest BCUT2D eigenvalue weighted by Gasteiger charge is -2.51. The Kier molecular flexibility index (Phi) is 2.78. The molecule has 0 saturated heterocycles. The molecule has 4 aliphatic carbocycles. The molecule has 0 amide bonds. The van der Waals surface area contributed by atoms with E-state index >= 15 is 0 Å². The van der Waals surface area contributed by atoms with E-state index < -0.39 is 11.0 Å². The van der Waals surface area contributed by atoms with Gasteiger partial charge in [-0.1, -0.05) is 19.3 Å². The highest BCUT2D eigenvalue weighted by Crippen LogP contribution is 2.65. The maximum Gasteiger partial charge on any atom is 0.0890 e. The van der Waals surface area contributed by atoms with Crippen LogP contribution in [0, 0.1) is 34.0 Å². The number of nitrogens with zero attached hydrogens (tertiary/aromatic N) is 1. The van der Waals surface area contributed by atoms with E-state index in [1.807, 2.05) is 0 Å². The van der Waals surface area contributed by atoms with Gasteiger partial charge in [0.1, 0.15) is 0 Å². The van der Waals surface area contributed by atoms with Gasteiger partial charge in [0.15, 0.2) is 0 Å². The average molecular weight is 273 g/mol. The molecule has 2 bridgehead atoms. The Labute approximate surface area is 122 Å². The van der Waals surface area contributed by atoms with Crippen LogP contribution < -0.4 is 0 Å². The van der Waals surface area contributed by atoms with E-state index in [-0.39, 0.29) is 0 Å². The van der Waals surface area contributed by atoms with Crippen LogP contribution in [-0.2, 0) is 0 Å². The molecule has 4 fully saturated rings. The second-order valence-corrected chi connectivity index (χ2v) is 8.40. The smallest absolute Gasteiger partial charge is 0.0890 e. The van der Waals surface area contributed by atoms with E-state index in [4.69, 9.17) is 0 Å². The fourth-order valence-corrected chi connectivity index (χ4v) is 6.41. The molecule has 3 atom stereocenters. The second-order valence-electron chi connectivity index (χ2n) is 8.40. The van der Waals surface area contributed by atoms with Crippen LogP contribution in [0.15, 0.2) is 0 Å². The third-order valence-electron chi connectivity index (χ3n) is 7.68. The van der Waals surface area contributed by atoms with Gasteiger partial charge < -0.3 is 5.11 Å². The van der Waals surface area contributed by atoms with Crippen molar-refractivity contribution in [3.05, 3.63) is 0 Å². The topological polar surface area (TPSA) is 44.0 Å². The summed E-state index contributed by atoms with van der Waals surface area (Å²) in [6.07, 6.45) is 14.3. The SMILES string of the molecule is N#CC1(C2(O)CCC3(CCCC3)CC2)CC2CCC1C2. The van der Waals surface area contributed by atoms with Gasteiger partial charge in [-0.05, 0) is 75.0 Å². The minimum Gasteiger partial charge on any atom is -0.388 e. The lowest BCUT2D eigenvalue weighted by Crippen LogP contribution is -2.53. The summed E-state index contributed by atoms with van der Waals surface area (Å²) >= 11 is 0. The van der Waals surface area contributed by atoms with E-state index in [9.17, 15) is 10.4 Å². The first-order chi connectivity index (χ1) is 9.62. The Hall–Kier alpha value is -0.550. The van der Waals surface area contributed by atoms with Gasteiger partial charge in [-0.15, -0.1) is 0 Å². The summed E-state index contributed by atoms with van der Waals surface area (Å²) in [4.78, 5) is 0. The van der Waals surface area contributed by atoms with E-state index in [1.165, 1.54) is 57.8 Å². The first-order valence-electron chi connectivity index (χ1n) is 8.75. The zero-order chi connectivity index (χ0) is 13.8. The standard InChI is InChI=1S/C18H27NO/c19-13-17(12-14-3-4-15(17)11-14)18(20)9-7-16(8-10-18)5-1-2-6-16/h14-15,20H,1-12H2. The van der Waals surface area contributed by atoms with Crippen LogP contribution in [-0.4, -0.2) is 10.7 Å². The molecule has 0 aromatic carbocycles. The van der Waals surface area contributed by atoms with Gasteiger partial charge in [-0.25, -0.2) is 0 Å². The Balaban J connectivity index is 1.57. The summed E-state index contributed by atoms with van der Waals surface area (Å²) in [6.45, 7) is 0. The first kappa shape index (κ1) is 13.1. The summed E-state index contributed by atoms with van der Waals surface area (Å²) in [5.74, 6) is 1.21. The van der Waals surface area contributed by atoms with E-state index in [1.54, 1.807) is 0 Å². The lowest BCUT2D eigenvalue weighted by atomic mass is 9.55. The van der Waals surface area contributed by atoms with Crippen LogP contribution in [0.3, 0.4) is 0 Å². The molecule has 0 aromatic heterocycles. The highest BCUT2D eigenvalue weighted by molar-refractivity contribution is 5.21. The number of hydrogen-bond acceptors (Lipinski definition) is 2. The number of fused-ring (bicyclic) bond motifs is 2. The Bertz CT molecular complexity index is 435. The monoisotopic (exact) mass is 273 g/mol. The molecule has 0 aliphatic heterocycles. The largest absolute Gasteiger partial charge is 0.388 e. The fraction of sp³-hybridized carbons (Fsp3) is 0.944. The maximum atomic E-state index is 11.4. The quantitative estimate of drug-likeness (QED) is 0.778. The highest BCUT2D eigenvalue weighted by atomic mass is 16.3. The molecule has 20 heavy (non-hydrogen) atoms. The van der Waals surface area contributed by atoms with Crippen molar-refractivity contribution in [1.29, 1.82) is 5.26 Å². The molecule has 2 nitrogen and oxygen atoms in total. The third-order valence-corrected chi connectivity index (χ3v) is 7.68. The van der Waals surface area contributed by atoms with Crippen LogP contribution in [0.25, 0.3) is 0 Å². The van der Waals surface area contributed by atoms with Crippen molar-refractivity contribution >= 4 is 0 Å². The summed E-state index contributed by atoms with van der Waals surface area (Å²) in [5.41, 5.74) is -0.522. The molecule has 0 radical (unpaired) electrons. The van der Waals surface area contributed by atoms with Gasteiger partial charge in [0.05, 0.1) is 17.1 Å². The van der Waals surface area contributed by atoms with Gasteiger partial charge >= 0.3 is 0 Å². The van der Waals surface area contributed by atoms with Crippen molar-refractivity contribution in [2.45, 2.75) is 82.7 Å². The Morgan fingerprint density at radius 3 is 2.15 bits per heavy atom. The van der Waals surface area contributed by atoms with E-state index in [2.05, 4.69) is 6.07 Å². The van der Waals surface area contributed by atoms with Gasteiger partial charge in [0.25, 0.3) is 0 Å². The van der Waals surface area contributed by atoms with Crippen LogP contribution in [0.5, 0.6) is 0 Å². The molecule has 1 N–H and O–H groups in total. The minimum absolute atomic E-state index is 0.393. The molecular formula is C18H27NO. The van der Waals surface area contributed by atoms with Crippen LogP contribution >= 0.6 is 0 Å². The molecule has 4 aliphatic rings. The van der Waals surface area contributed by atoms with Gasteiger partial charge in [-0.2, -0.15) is 5.26 Å². The summed E-state index contributed by atoms with van der Waals surface area (Å²) < 4.78 is 0. The summed E-state index contributed by atoms with van der Waals surface area (Å²) in [5, 5.41) is 21.3. The van der Waals surface area contributed by atoms with Crippen LogP contribution in [0.1, 0.15) is 77.0 Å². The lowest BCUT2D eigenvalue weighted by molar-refractivity contribution is -0.125. The molecule has 4 rings (SSSR count). The molecular weight excluding hydrogens is 246 g/mol. The Morgan fingerprint density at radius 2 is 1.65 bits per heavy atom. The normalized spacial score (nSPS) is 44.8. The first-order valence-corrected chi connectivity index (χ1v) is 8.75. The maximum absolute atomic E-state index is 11.4. The van der Waals surface area contributed by atoms with Crippen LogP contribution in [0.4, 0.5) is 0 Å². The average Bonchev–Trinajstić information content (AvgIpc) is 3.18. The van der Waals surface area contributed by atoms with Crippen molar-refractivity contribution in [3.8, 4) is 6.07 Å². The minimum atomic E-state index is -0.671. The third kappa shape index (κ3) is 1.59. The van der Waals surface area contributed by atoms with Crippen molar-refractivity contribution in [3.63, 3.8) is 0 Å². The number of rotatable bonds is 1. The van der Waals surface area contributed by atoms with Gasteiger partial charge in [-0.3, -0.25) is 0 Å².